The minimum atomic E-state index is -2.96. The van der Waals surface area contributed by atoms with Crippen LogP contribution in [0.2, 0.25) is 0 Å². The molecular formula is C17H34N4O3S. The molecular weight excluding hydrogens is 340 g/mol. The third-order valence-corrected chi connectivity index (χ3v) is 5.28. The van der Waals surface area contributed by atoms with Gasteiger partial charge >= 0.3 is 0 Å². The molecule has 0 spiro atoms. The largest absolute Gasteiger partial charge is 0.357 e. The summed E-state index contributed by atoms with van der Waals surface area (Å²) in [5.41, 5.74) is 0. The molecule has 8 heteroatoms. The fraction of sp³-hybridized carbons (Fsp3) is 0.882. The van der Waals surface area contributed by atoms with Crippen LogP contribution in [0.4, 0.5) is 0 Å². The van der Waals surface area contributed by atoms with E-state index in [-0.39, 0.29) is 17.7 Å². The summed E-state index contributed by atoms with van der Waals surface area (Å²) in [6.45, 7) is 5.63. The number of rotatable bonds is 10. The summed E-state index contributed by atoms with van der Waals surface area (Å²) in [6.07, 6.45) is 7.24. The second-order valence-corrected chi connectivity index (χ2v) is 9.19. The Kier molecular flexibility index (Phi) is 9.85. The van der Waals surface area contributed by atoms with Gasteiger partial charge in [-0.05, 0) is 39.0 Å². The van der Waals surface area contributed by atoms with Crippen LogP contribution in [0.5, 0.6) is 0 Å². The first-order valence-corrected chi connectivity index (χ1v) is 11.4. The Bertz CT molecular complexity index is 528. The van der Waals surface area contributed by atoms with E-state index in [0.29, 0.717) is 37.8 Å². The lowest BCUT2D eigenvalue weighted by Crippen LogP contribution is -2.43. The summed E-state index contributed by atoms with van der Waals surface area (Å²) in [5.74, 6) is 1.46. The lowest BCUT2D eigenvalue weighted by atomic mass is 10.0. The molecule has 1 amide bonds. The van der Waals surface area contributed by atoms with Gasteiger partial charge in [0, 0.05) is 31.8 Å². The predicted molar refractivity (Wildman–Crippen MR) is 102 cm³/mol. The van der Waals surface area contributed by atoms with E-state index >= 15 is 0 Å². The third kappa shape index (κ3) is 11.0. The number of aliphatic imine (C=N–C) groups is 1. The van der Waals surface area contributed by atoms with Crippen LogP contribution in [0.25, 0.3) is 0 Å². The standard InChI is InChI=1S/C17H34N4O3S/c1-4-18-17(21-14(2)9-12-25(3,23)24)20-11-10-19-16(22)13-15-7-5-6-8-15/h14-15H,4-13H2,1-3H3,(H,19,22)(H2,18,20,21). The number of carbonyl (C=O) groups is 1. The molecule has 0 aromatic heterocycles. The van der Waals surface area contributed by atoms with Crippen molar-refractivity contribution in [1.82, 2.24) is 16.0 Å². The van der Waals surface area contributed by atoms with Crippen LogP contribution in [0.1, 0.15) is 52.4 Å². The average molecular weight is 375 g/mol. The van der Waals surface area contributed by atoms with E-state index in [9.17, 15) is 13.2 Å². The van der Waals surface area contributed by atoms with Gasteiger partial charge < -0.3 is 16.0 Å². The Morgan fingerprint density at radius 3 is 2.52 bits per heavy atom. The molecule has 0 bridgehead atoms. The van der Waals surface area contributed by atoms with Crippen LogP contribution in [0.15, 0.2) is 4.99 Å². The molecule has 1 aliphatic rings. The summed E-state index contributed by atoms with van der Waals surface area (Å²) in [5, 5.41) is 9.26. The Labute approximate surface area is 152 Å². The smallest absolute Gasteiger partial charge is 0.220 e. The van der Waals surface area contributed by atoms with Crippen molar-refractivity contribution in [2.75, 3.05) is 31.6 Å². The predicted octanol–water partition coefficient (Wildman–Crippen LogP) is 1.06. The number of nitrogens with zero attached hydrogens (tertiary/aromatic N) is 1. The average Bonchev–Trinajstić information content (AvgIpc) is 3.02. The van der Waals surface area contributed by atoms with Gasteiger partial charge in [0.05, 0.1) is 12.3 Å². The first-order chi connectivity index (χ1) is 11.8. The van der Waals surface area contributed by atoms with Crippen molar-refractivity contribution in [1.29, 1.82) is 0 Å². The highest BCUT2D eigenvalue weighted by molar-refractivity contribution is 7.90. The molecule has 0 saturated heterocycles. The summed E-state index contributed by atoms with van der Waals surface area (Å²) in [7, 11) is -2.96. The SMILES string of the molecule is CCNC(=NCCNC(=O)CC1CCCC1)NC(C)CCS(C)(=O)=O. The van der Waals surface area contributed by atoms with E-state index in [1.165, 1.54) is 31.9 Å². The Hall–Kier alpha value is -1.31. The van der Waals surface area contributed by atoms with Crippen LogP contribution < -0.4 is 16.0 Å². The second-order valence-electron chi connectivity index (χ2n) is 6.93. The molecule has 0 aromatic carbocycles. The van der Waals surface area contributed by atoms with Gasteiger partial charge in [0.25, 0.3) is 0 Å². The maximum atomic E-state index is 11.9. The van der Waals surface area contributed by atoms with Gasteiger partial charge in [-0.1, -0.05) is 12.8 Å². The number of carbonyl (C=O) groups excluding carboxylic acids is 1. The van der Waals surface area contributed by atoms with Crippen molar-refractivity contribution in [3.8, 4) is 0 Å². The molecule has 1 unspecified atom stereocenters. The molecule has 3 N–H and O–H groups in total. The zero-order chi connectivity index (χ0) is 18.7. The molecule has 0 aromatic rings. The fourth-order valence-electron chi connectivity index (χ4n) is 2.93. The van der Waals surface area contributed by atoms with Crippen molar-refractivity contribution in [2.45, 2.75) is 58.4 Å². The van der Waals surface area contributed by atoms with Crippen molar-refractivity contribution >= 4 is 21.7 Å². The van der Waals surface area contributed by atoms with Crippen LogP contribution in [-0.2, 0) is 14.6 Å². The van der Waals surface area contributed by atoms with E-state index < -0.39 is 9.84 Å². The molecule has 146 valence electrons. The molecule has 1 saturated carbocycles. The third-order valence-electron chi connectivity index (χ3n) is 4.30. The number of hydrogen-bond acceptors (Lipinski definition) is 4. The minimum absolute atomic E-state index is 0.00415. The van der Waals surface area contributed by atoms with Gasteiger partial charge in [-0.25, -0.2) is 8.42 Å². The number of guanidine groups is 1. The fourth-order valence-corrected chi connectivity index (χ4v) is 3.71. The summed E-state index contributed by atoms with van der Waals surface area (Å²) in [6, 6.07) is 0.00415. The van der Waals surface area contributed by atoms with E-state index in [2.05, 4.69) is 20.9 Å². The first-order valence-electron chi connectivity index (χ1n) is 9.29. The molecule has 7 nitrogen and oxygen atoms in total. The van der Waals surface area contributed by atoms with Crippen molar-refractivity contribution in [2.24, 2.45) is 10.9 Å². The minimum Gasteiger partial charge on any atom is -0.357 e. The highest BCUT2D eigenvalue weighted by Crippen LogP contribution is 2.27. The first kappa shape index (κ1) is 21.7. The van der Waals surface area contributed by atoms with Crippen LogP contribution >= 0.6 is 0 Å². The summed E-state index contributed by atoms with van der Waals surface area (Å²) < 4.78 is 22.5. The summed E-state index contributed by atoms with van der Waals surface area (Å²) in [4.78, 5) is 16.3. The zero-order valence-electron chi connectivity index (χ0n) is 15.8. The van der Waals surface area contributed by atoms with Crippen LogP contribution in [0.3, 0.4) is 0 Å². The monoisotopic (exact) mass is 374 g/mol. The number of amides is 1. The number of nitrogens with one attached hydrogen (secondary N) is 3. The van der Waals surface area contributed by atoms with Gasteiger partial charge in [0.15, 0.2) is 5.96 Å². The molecule has 0 aliphatic heterocycles. The van der Waals surface area contributed by atoms with E-state index in [1.807, 2.05) is 13.8 Å². The Morgan fingerprint density at radius 2 is 1.92 bits per heavy atom. The van der Waals surface area contributed by atoms with Gasteiger partial charge in [0.1, 0.15) is 9.84 Å². The molecule has 1 rings (SSSR count). The quantitative estimate of drug-likeness (QED) is 0.302. The number of sulfone groups is 1. The lowest BCUT2D eigenvalue weighted by Gasteiger charge is -2.17. The molecule has 1 fully saturated rings. The highest BCUT2D eigenvalue weighted by Gasteiger charge is 2.17. The molecule has 1 atom stereocenters. The van der Waals surface area contributed by atoms with Gasteiger partial charge in [-0.2, -0.15) is 0 Å². The molecule has 0 heterocycles. The molecule has 0 radical (unpaired) electrons. The topological polar surface area (TPSA) is 99.7 Å². The Balaban J connectivity index is 2.29. The van der Waals surface area contributed by atoms with Gasteiger partial charge in [-0.3, -0.25) is 9.79 Å². The van der Waals surface area contributed by atoms with E-state index in [0.717, 1.165) is 6.54 Å². The van der Waals surface area contributed by atoms with E-state index in [4.69, 9.17) is 0 Å². The normalized spacial score (nSPS) is 17.3. The maximum Gasteiger partial charge on any atom is 0.220 e. The number of hydrogen-bond donors (Lipinski definition) is 3. The van der Waals surface area contributed by atoms with Gasteiger partial charge in [0.2, 0.25) is 5.91 Å². The molecule has 1 aliphatic carbocycles. The lowest BCUT2D eigenvalue weighted by molar-refractivity contribution is -0.121. The summed E-state index contributed by atoms with van der Waals surface area (Å²) >= 11 is 0. The van der Waals surface area contributed by atoms with Crippen molar-refractivity contribution < 1.29 is 13.2 Å². The van der Waals surface area contributed by atoms with Crippen LogP contribution in [-0.4, -0.2) is 58.0 Å². The highest BCUT2D eigenvalue weighted by atomic mass is 32.2. The van der Waals surface area contributed by atoms with Gasteiger partial charge in [-0.15, -0.1) is 0 Å². The van der Waals surface area contributed by atoms with Crippen LogP contribution in [0, 0.1) is 5.92 Å². The Morgan fingerprint density at radius 1 is 1.24 bits per heavy atom. The van der Waals surface area contributed by atoms with Crippen molar-refractivity contribution in [3.63, 3.8) is 0 Å². The zero-order valence-corrected chi connectivity index (χ0v) is 16.6. The van der Waals surface area contributed by atoms with Crippen molar-refractivity contribution in [3.05, 3.63) is 0 Å². The molecule has 25 heavy (non-hydrogen) atoms. The van der Waals surface area contributed by atoms with E-state index in [1.54, 1.807) is 0 Å². The second kappa shape index (κ2) is 11.3. The maximum absolute atomic E-state index is 11.9.